The summed E-state index contributed by atoms with van der Waals surface area (Å²) < 4.78 is 0. The maximum atomic E-state index is 12.4. The highest BCUT2D eigenvalue weighted by Crippen LogP contribution is 2.25. The lowest BCUT2D eigenvalue weighted by Crippen LogP contribution is -2.29. The molecule has 2 rings (SSSR count). The Labute approximate surface area is 123 Å². The van der Waals surface area contributed by atoms with Crippen LogP contribution in [0.2, 0.25) is 0 Å². The van der Waals surface area contributed by atoms with Crippen molar-refractivity contribution in [2.45, 2.75) is 26.3 Å². The van der Waals surface area contributed by atoms with Crippen LogP contribution in [0.25, 0.3) is 0 Å². The van der Waals surface area contributed by atoms with E-state index in [0.717, 1.165) is 16.9 Å². The first-order chi connectivity index (χ1) is 9.52. The van der Waals surface area contributed by atoms with Gasteiger partial charge in [-0.15, -0.1) is 11.3 Å². The molecule has 0 aliphatic carbocycles. The molecule has 2 aromatic rings. The lowest BCUT2D eigenvalue weighted by atomic mass is 10.1. The highest BCUT2D eigenvalue weighted by Gasteiger charge is 2.20. The molecule has 4 heteroatoms. The molecule has 0 saturated heterocycles. The molecule has 1 atom stereocenters. The van der Waals surface area contributed by atoms with Gasteiger partial charge in [-0.2, -0.15) is 0 Å². The molecule has 1 aromatic heterocycles. The third-order valence-corrected chi connectivity index (χ3v) is 4.72. The van der Waals surface area contributed by atoms with Crippen LogP contribution in [-0.2, 0) is 6.42 Å². The molecule has 1 N–H and O–H groups in total. The molecule has 1 heterocycles. The molecule has 106 valence electrons. The summed E-state index contributed by atoms with van der Waals surface area (Å²) in [4.78, 5) is 16.2. The average Bonchev–Trinajstić information content (AvgIpc) is 2.94. The maximum absolute atomic E-state index is 12.4. The normalized spacial score (nSPS) is 12.2. The van der Waals surface area contributed by atoms with E-state index in [1.807, 2.05) is 38.2 Å². The minimum atomic E-state index is -0.0322. The number of benzene rings is 1. The van der Waals surface area contributed by atoms with E-state index in [1.54, 1.807) is 28.4 Å². The number of phenols is 1. The van der Waals surface area contributed by atoms with E-state index >= 15 is 0 Å². The summed E-state index contributed by atoms with van der Waals surface area (Å²) in [5.74, 6) is 0.274. The molecule has 1 amide bonds. The summed E-state index contributed by atoms with van der Waals surface area (Å²) >= 11 is 1.55. The van der Waals surface area contributed by atoms with Crippen molar-refractivity contribution in [2.75, 3.05) is 7.05 Å². The fraction of sp³-hybridized carbons (Fsp3) is 0.312. The molecule has 20 heavy (non-hydrogen) atoms. The van der Waals surface area contributed by atoms with Gasteiger partial charge in [0.1, 0.15) is 5.75 Å². The van der Waals surface area contributed by atoms with Gasteiger partial charge in [-0.25, -0.2) is 0 Å². The van der Waals surface area contributed by atoms with Crippen molar-refractivity contribution in [3.63, 3.8) is 0 Å². The molecule has 0 fully saturated rings. The lowest BCUT2D eigenvalue weighted by Gasteiger charge is -2.25. The zero-order valence-corrected chi connectivity index (χ0v) is 12.8. The molecule has 3 nitrogen and oxygen atoms in total. The van der Waals surface area contributed by atoms with Gasteiger partial charge in [0.25, 0.3) is 5.91 Å². The van der Waals surface area contributed by atoms with Crippen molar-refractivity contribution in [1.82, 2.24) is 4.90 Å². The van der Waals surface area contributed by atoms with E-state index < -0.39 is 0 Å². The van der Waals surface area contributed by atoms with Crippen LogP contribution in [0.15, 0.2) is 36.4 Å². The first-order valence-electron chi connectivity index (χ1n) is 6.67. The number of carbonyl (C=O) groups is 1. The SMILES string of the molecule is CCc1ccc(C(=O)N(C)C(C)c2ccc(O)cc2)s1. The third-order valence-electron chi connectivity index (χ3n) is 3.50. The van der Waals surface area contributed by atoms with Crippen molar-refractivity contribution >= 4 is 17.2 Å². The van der Waals surface area contributed by atoms with Crippen molar-refractivity contribution in [1.29, 1.82) is 0 Å². The summed E-state index contributed by atoms with van der Waals surface area (Å²) in [5, 5.41) is 9.32. The Morgan fingerprint density at radius 2 is 1.90 bits per heavy atom. The largest absolute Gasteiger partial charge is 0.508 e. The van der Waals surface area contributed by atoms with E-state index in [9.17, 15) is 9.90 Å². The van der Waals surface area contributed by atoms with Crippen LogP contribution in [0.3, 0.4) is 0 Å². The molecule has 0 aliphatic heterocycles. The topological polar surface area (TPSA) is 40.5 Å². The predicted octanol–water partition coefficient (Wildman–Crippen LogP) is 3.85. The average molecular weight is 289 g/mol. The van der Waals surface area contributed by atoms with E-state index in [-0.39, 0.29) is 17.7 Å². The number of aryl methyl sites for hydroxylation is 1. The molecule has 0 radical (unpaired) electrons. The van der Waals surface area contributed by atoms with E-state index in [0.29, 0.717) is 0 Å². The van der Waals surface area contributed by atoms with Gasteiger partial charge in [0, 0.05) is 11.9 Å². The van der Waals surface area contributed by atoms with Crippen LogP contribution in [0.1, 0.15) is 40.0 Å². The number of hydrogen-bond acceptors (Lipinski definition) is 3. The van der Waals surface area contributed by atoms with Gasteiger partial charge in [0.05, 0.1) is 10.9 Å². The number of carbonyl (C=O) groups excluding carboxylic acids is 1. The number of hydrogen-bond donors (Lipinski definition) is 1. The summed E-state index contributed by atoms with van der Waals surface area (Å²) in [6.45, 7) is 4.07. The van der Waals surface area contributed by atoms with Crippen LogP contribution in [0, 0.1) is 0 Å². The first-order valence-corrected chi connectivity index (χ1v) is 7.49. The van der Waals surface area contributed by atoms with E-state index in [4.69, 9.17) is 0 Å². The monoisotopic (exact) mass is 289 g/mol. The Bertz CT molecular complexity index is 589. The second-order valence-electron chi connectivity index (χ2n) is 4.80. The second kappa shape index (κ2) is 6.09. The van der Waals surface area contributed by atoms with Crippen molar-refractivity contribution in [3.8, 4) is 5.75 Å². The van der Waals surface area contributed by atoms with Gasteiger partial charge in [-0.1, -0.05) is 19.1 Å². The molecule has 0 aliphatic rings. The molecule has 1 aromatic carbocycles. The predicted molar refractivity (Wildman–Crippen MR) is 82.3 cm³/mol. The molecule has 1 unspecified atom stereocenters. The Morgan fingerprint density at radius 1 is 1.25 bits per heavy atom. The Hall–Kier alpha value is -1.81. The Morgan fingerprint density at radius 3 is 2.45 bits per heavy atom. The van der Waals surface area contributed by atoms with Crippen molar-refractivity contribution in [3.05, 3.63) is 51.7 Å². The summed E-state index contributed by atoms with van der Waals surface area (Å²) in [7, 11) is 1.81. The van der Waals surface area contributed by atoms with Crippen molar-refractivity contribution in [2.24, 2.45) is 0 Å². The van der Waals surface area contributed by atoms with Crippen LogP contribution < -0.4 is 0 Å². The number of nitrogens with zero attached hydrogens (tertiary/aromatic N) is 1. The second-order valence-corrected chi connectivity index (χ2v) is 5.97. The Balaban J connectivity index is 2.15. The fourth-order valence-corrected chi connectivity index (χ4v) is 2.94. The van der Waals surface area contributed by atoms with Crippen LogP contribution in [0.4, 0.5) is 0 Å². The lowest BCUT2D eigenvalue weighted by molar-refractivity contribution is 0.0747. The van der Waals surface area contributed by atoms with Crippen LogP contribution in [0.5, 0.6) is 5.75 Å². The molecular weight excluding hydrogens is 270 g/mol. The quantitative estimate of drug-likeness (QED) is 0.928. The summed E-state index contributed by atoms with van der Waals surface area (Å²) in [6, 6.07) is 10.8. The van der Waals surface area contributed by atoms with Crippen LogP contribution >= 0.6 is 11.3 Å². The van der Waals surface area contributed by atoms with Gasteiger partial charge in [-0.3, -0.25) is 4.79 Å². The number of phenolic OH excluding ortho intramolecular Hbond substituents is 1. The molecular formula is C16H19NO2S. The summed E-state index contributed by atoms with van der Waals surface area (Å²) in [6.07, 6.45) is 0.954. The van der Waals surface area contributed by atoms with E-state index in [1.165, 1.54) is 4.88 Å². The van der Waals surface area contributed by atoms with Gasteiger partial charge >= 0.3 is 0 Å². The smallest absolute Gasteiger partial charge is 0.264 e. The zero-order chi connectivity index (χ0) is 14.7. The fourth-order valence-electron chi connectivity index (χ4n) is 2.01. The zero-order valence-electron chi connectivity index (χ0n) is 12.0. The van der Waals surface area contributed by atoms with E-state index in [2.05, 4.69) is 6.92 Å². The molecule has 0 spiro atoms. The van der Waals surface area contributed by atoms with Crippen molar-refractivity contribution < 1.29 is 9.90 Å². The minimum absolute atomic E-state index is 0.0322. The van der Waals surface area contributed by atoms with Gasteiger partial charge in [0.2, 0.25) is 0 Å². The van der Waals surface area contributed by atoms with Gasteiger partial charge in [-0.05, 0) is 43.2 Å². The van der Waals surface area contributed by atoms with Gasteiger partial charge < -0.3 is 10.0 Å². The number of amides is 1. The highest BCUT2D eigenvalue weighted by atomic mass is 32.1. The standard InChI is InChI=1S/C16H19NO2S/c1-4-14-9-10-15(20-14)16(19)17(3)11(2)12-5-7-13(18)8-6-12/h5-11,18H,4H2,1-3H3. The number of rotatable bonds is 4. The molecule has 0 bridgehead atoms. The molecule has 0 saturated carbocycles. The van der Waals surface area contributed by atoms with Gasteiger partial charge in [0.15, 0.2) is 0 Å². The number of aromatic hydroxyl groups is 1. The first kappa shape index (κ1) is 14.6. The highest BCUT2D eigenvalue weighted by molar-refractivity contribution is 7.14. The number of thiophene rings is 1. The summed E-state index contributed by atoms with van der Waals surface area (Å²) in [5.41, 5.74) is 1.01. The third kappa shape index (κ3) is 3.02. The Kier molecular flexibility index (Phi) is 4.45. The van der Waals surface area contributed by atoms with Crippen LogP contribution in [-0.4, -0.2) is 23.0 Å². The minimum Gasteiger partial charge on any atom is -0.508 e. The maximum Gasteiger partial charge on any atom is 0.264 e.